The second-order valence-electron chi connectivity index (χ2n) is 6.00. The zero-order chi connectivity index (χ0) is 19.1. The number of nitrogens with zero attached hydrogens (tertiary/aromatic N) is 1. The molecule has 2 unspecified atom stereocenters. The van der Waals surface area contributed by atoms with Crippen LogP contribution in [0, 0.1) is 0 Å². The Morgan fingerprint density at radius 2 is 1.69 bits per heavy atom. The predicted molar refractivity (Wildman–Crippen MR) is 98.4 cm³/mol. The van der Waals surface area contributed by atoms with Crippen LogP contribution in [0.4, 0.5) is 4.79 Å². The van der Waals surface area contributed by atoms with Crippen molar-refractivity contribution in [3.63, 3.8) is 0 Å². The van der Waals surface area contributed by atoms with Gasteiger partial charge in [0.1, 0.15) is 12.6 Å². The van der Waals surface area contributed by atoms with Crippen LogP contribution in [-0.2, 0) is 16.1 Å². The highest BCUT2D eigenvalue weighted by atomic mass is 16.5. The van der Waals surface area contributed by atoms with Crippen molar-refractivity contribution in [3.05, 3.63) is 71.8 Å². The van der Waals surface area contributed by atoms with Crippen molar-refractivity contribution in [2.75, 3.05) is 26.2 Å². The molecule has 1 heterocycles. The van der Waals surface area contributed by atoms with Gasteiger partial charge in [-0.15, -0.1) is 0 Å². The van der Waals surface area contributed by atoms with Crippen molar-refractivity contribution in [1.29, 1.82) is 0 Å². The van der Waals surface area contributed by atoms with Gasteiger partial charge < -0.3 is 20.3 Å². The molecule has 2 aromatic rings. The van der Waals surface area contributed by atoms with Crippen LogP contribution in [0.5, 0.6) is 0 Å². The molecule has 6 heteroatoms. The smallest absolute Gasteiger partial charge is 0.408 e. The Balaban J connectivity index is 1.71. The zero-order valence-corrected chi connectivity index (χ0v) is 14.4. The summed E-state index contributed by atoms with van der Waals surface area (Å²) in [6, 6.07) is 17.0. The molecule has 0 bridgehead atoms. The molecule has 1 saturated heterocycles. The molecule has 3 rings (SSSR count). The van der Waals surface area contributed by atoms with Gasteiger partial charge in [0, 0.05) is 26.2 Å². The molecule has 2 atom stereocenters. The van der Waals surface area contributed by atoms with E-state index in [4.69, 9.17) is 6.11 Å². The maximum absolute atomic E-state index is 13.0. The number of nitrogens with one attached hydrogen (secondary N) is 2. The highest BCUT2D eigenvalue weighted by Gasteiger charge is 2.28. The maximum Gasteiger partial charge on any atom is 0.408 e. The lowest BCUT2D eigenvalue weighted by molar-refractivity contribution is -0.134. The van der Waals surface area contributed by atoms with E-state index >= 15 is 0 Å². The predicted octanol–water partition coefficient (Wildman–Crippen LogP) is 2.09. The van der Waals surface area contributed by atoms with Crippen molar-refractivity contribution in [3.8, 4) is 0 Å². The number of benzene rings is 2. The Labute approximate surface area is 154 Å². The molecule has 2 amide bonds. The van der Waals surface area contributed by atoms with Crippen molar-refractivity contribution in [2.45, 2.75) is 12.6 Å². The van der Waals surface area contributed by atoms with Crippen molar-refractivity contribution in [1.82, 2.24) is 15.5 Å². The van der Waals surface area contributed by atoms with E-state index in [1.54, 1.807) is 41.3 Å². The summed E-state index contributed by atoms with van der Waals surface area (Å²) in [5.74, 6) is -0.180. The number of carbonyl (C=O) groups excluding carboxylic acids is 2. The SMILES string of the molecule is [2H]C(OC(=O)NC(C(=O)N1CCNCC1)c1ccccc1)c1ccccc1. The minimum atomic E-state index is -1.16. The highest BCUT2D eigenvalue weighted by molar-refractivity contribution is 5.87. The lowest BCUT2D eigenvalue weighted by Crippen LogP contribution is -2.50. The summed E-state index contributed by atoms with van der Waals surface area (Å²) in [6.45, 7) is 1.46. The van der Waals surface area contributed by atoms with E-state index in [2.05, 4.69) is 10.6 Å². The second kappa shape index (κ2) is 9.01. The number of alkyl carbamates (subject to hydrolysis) is 1. The minimum Gasteiger partial charge on any atom is -0.445 e. The third kappa shape index (κ3) is 4.83. The number of carbonyl (C=O) groups is 2. The van der Waals surface area contributed by atoms with Gasteiger partial charge in [0.05, 0.1) is 1.37 Å². The fourth-order valence-electron chi connectivity index (χ4n) is 2.81. The summed E-state index contributed by atoms with van der Waals surface area (Å²) >= 11 is 0. The van der Waals surface area contributed by atoms with Crippen LogP contribution in [0.2, 0.25) is 0 Å². The maximum atomic E-state index is 13.0. The van der Waals surface area contributed by atoms with Gasteiger partial charge in [0.15, 0.2) is 0 Å². The number of amides is 2. The van der Waals surface area contributed by atoms with E-state index in [0.29, 0.717) is 24.2 Å². The summed E-state index contributed by atoms with van der Waals surface area (Å²) in [5, 5.41) is 5.84. The minimum absolute atomic E-state index is 0.180. The van der Waals surface area contributed by atoms with E-state index < -0.39 is 18.7 Å². The Morgan fingerprint density at radius 1 is 1.08 bits per heavy atom. The largest absolute Gasteiger partial charge is 0.445 e. The molecule has 2 aromatic carbocycles. The number of piperazine rings is 1. The van der Waals surface area contributed by atoms with Crippen LogP contribution in [0.3, 0.4) is 0 Å². The molecule has 0 aliphatic carbocycles. The molecule has 0 radical (unpaired) electrons. The van der Waals surface area contributed by atoms with E-state index in [1.165, 1.54) is 0 Å². The number of hydrogen-bond donors (Lipinski definition) is 2. The van der Waals surface area contributed by atoms with E-state index in [9.17, 15) is 9.59 Å². The summed E-state index contributed by atoms with van der Waals surface area (Å²) in [6.07, 6.45) is -0.795. The summed E-state index contributed by atoms with van der Waals surface area (Å²) in [4.78, 5) is 27.1. The van der Waals surface area contributed by atoms with Gasteiger partial charge in [-0.25, -0.2) is 4.79 Å². The van der Waals surface area contributed by atoms with E-state index in [1.807, 2.05) is 24.3 Å². The van der Waals surface area contributed by atoms with Gasteiger partial charge in [-0.2, -0.15) is 0 Å². The van der Waals surface area contributed by atoms with E-state index in [0.717, 1.165) is 13.1 Å². The summed E-state index contributed by atoms with van der Waals surface area (Å²) in [7, 11) is 0. The standard InChI is InChI=1S/C20H23N3O3/c24-19(23-13-11-21-12-14-23)18(17-9-5-2-6-10-17)22-20(25)26-15-16-7-3-1-4-8-16/h1-10,18,21H,11-15H2,(H,22,25)/i15D. The molecule has 1 fully saturated rings. The molecule has 136 valence electrons. The van der Waals surface area contributed by atoms with Crippen LogP contribution in [0.1, 0.15) is 18.5 Å². The Morgan fingerprint density at radius 3 is 2.35 bits per heavy atom. The van der Waals surface area contributed by atoms with Crippen LogP contribution in [0.15, 0.2) is 60.7 Å². The Hall–Kier alpha value is -2.86. The highest BCUT2D eigenvalue weighted by Crippen LogP contribution is 2.17. The molecule has 0 saturated carbocycles. The average molecular weight is 354 g/mol. The third-order valence-electron chi connectivity index (χ3n) is 4.17. The average Bonchev–Trinajstić information content (AvgIpc) is 2.73. The van der Waals surface area contributed by atoms with Crippen LogP contribution in [0.25, 0.3) is 0 Å². The molecule has 1 aliphatic rings. The molecular formula is C20H23N3O3. The first kappa shape index (κ1) is 16.6. The quantitative estimate of drug-likeness (QED) is 0.863. The van der Waals surface area contributed by atoms with Gasteiger partial charge in [-0.3, -0.25) is 4.79 Å². The van der Waals surface area contributed by atoms with Gasteiger partial charge in [0.2, 0.25) is 5.91 Å². The topological polar surface area (TPSA) is 70.7 Å². The first-order valence-electron chi connectivity index (χ1n) is 9.21. The van der Waals surface area contributed by atoms with Crippen molar-refractivity contribution >= 4 is 12.0 Å². The zero-order valence-electron chi connectivity index (χ0n) is 15.4. The first-order valence-corrected chi connectivity index (χ1v) is 8.64. The normalized spacial score (nSPS) is 16.9. The second-order valence-corrected chi connectivity index (χ2v) is 6.00. The molecule has 1 aliphatic heterocycles. The number of rotatable bonds is 5. The molecule has 2 N–H and O–H groups in total. The first-order chi connectivity index (χ1) is 13.1. The van der Waals surface area contributed by atoms with Crippen LogP contribution < -0.4 is 10.6 Å². The van der Waals surface area contributed by atoms with Gasteiger partial charge in [-0.1, -0.05) is 60.7 Å². The molecule has 6 nitrogen and oxygen atoms in total. The lowest BCUT2D eigenvalue weighted by atomic mass is 10.1. The van der Waals surface area contributed by atoms with Gasteiger partial charge in [0.25, 0.3) is 0 Å². The lowest BCUT2D eigenvalue weighted by Gasteiger charge is -2.31. The Bertz CT molecular complexity index is 752. The molecule has 0 aromatic heterocycles. The Kier molecular flexibility index (Phi) is 5.75. The fourth-order valence-corrected chi connectivity index (χ4v) is 2.81. The molecular weight excluding hydrogens is 330 g/mol. The number of hydrogen-bond acceptors (Lipinski definition) is 4. The van der Waals surface area contributed by atoms with Gasteiger partial charge in [-0.05, 0) is 11.1 Å². The molecule has 0 spiro atoms. The van der Waals surface area contributed by atoms with Crippen molar-refractivity contribution < 1.29 is 15.7 Å². The van der Waals surface area contributed by atoms with E-state index in [-0.39, 0.29) is 5.91 Å². The summed E-state index contributed by atoms with van der Waals surface area (Å²) in [5.41, 5.74) is 1.25. The van der Waals surface area contributed by atoms with Crippen LogP contribution in [-0.4, -0.2) is 43.1 Å². The van der Waals surface area contributed by atoms with Crippen molar-refractivity contribution in [2.24, 2.45) is 0 Å². The third-order valence-corrected chi connectivity index (χ3v) is 4.17. The number of ether oxygens (including phenoxy) is 1. The fraction of sp³-hybridized carbons (Fsp3) is 0.300. The molecule has 26 heavy (non-hydrogen) atoms. The van der Waals surface area contributed by atoms with Gasteiger partial charge >= 0.3 is 6.09 Å². The summed E-state index contributed by atoms with van der Waals surface area (Å²) < 4.78 is 13.2. The van der Waals surface area contributed by atoms with Crippen LogP contribution >= 0.6 is 0 Å². The monoisotopic (exact) mass is 354 g/mol.